The minimum absolute atomic E-state index is 0.0897. The Kier molecular flexibility index (Phi) is 4.82. The first-order chi connectivity index (χ1) is 10.1. The zero-order chi connectivity index (χ0) is 15.2. The Bertz CT molecular complexity index is 620. The summed E-state index contributed by atoms with van der Waals surface area (Å²) in [6, 6.07) is 13.3. The summed E-state index contributed by atoms with van der Waals surface area (Å²) < 4.78 is 11.1. The predicted octanol–water partition coefficient (Wildman–Crippen LogP) is 3.54. The van der Waals surface area contributed by atoms with Crippen molar-refractivity contribution in [1.82, 2.24) is 0 Å². The second kappa shape index (κ2) is 6.79. The monoisotopic (exact) mass is 285 g/mol. The lowest BCUT2D eigenvalue weighted by molar-refractivity contribution is -0.114. The van der Waals surface area contributed by atoms with Gasteiger partial charge in [0.2, 0.25) is 5.91 Å². The third-order valence-electron chi connectivity index (χ3n) is 3.00. The first-order valence-corrected chi connectivity index (χ1v) is 6.72. The van der Waals surface area contributed by atoms with Gasteiger partial charge in [0.25, 0.3) is 0 Å². The largest absolute Gasteiger partial charge is 0.496 e. The lowest BCUT2D eigenvalue weighted by Crippen LogP contribution is -2.05. The molecule has 0 radical (unpaired) electrons. The van der Waals surface area contributed by atoms with Crippen LogP contribution in [0.4, 0.5) is 5.69 Å². The van der Waals surface area contributed by atoms with Crippen LogP contribution in [-0.2, 0) is 11.4 Å². The lowest BCUT2D eigenvalue weighted by atomic mass is 10.1. The molecule has 2 rings (SSSR count). The molecule has 0 atom stereocenters. The van der Waals surface area contributed by atoms with E-state index in [1.807, 2.05) is 49.4 Å². The van der Waals surface area contributed by atoms with E-state index in [-0.39, 0.29) is 5.91 Å². The Balaban J connectivity index is 2.03. The molecule has 1 N–H and O–H groups in total. The summed E-state index contributed by atoms with van der Waals surface area (Å²) >= 11 is 0. The second-order valence-corrected chi connectivity index (χ2v) is 4.81. The molecule has 0 aliphatic rings. The minimum Gasteiger partial charge on any atom is -0.496 e. The van der Waals surface area contributed by atoms with Crippen molar-refractivity contribution >= 4 is 11.6 Å². The molecule has 0 unspecified atom stereocenters. The summed E-state index contributed by atoms with van der Waals surface area (Å²) in [5.74, 6) is 1.47. The van der Waals surface area contributed by atoms with Crippen molar-refractivity contribution in [1.29, 1.82) is 0 Å². The summed E-state index contributed by atoms with van der Waals surface area (Å²) in [5.41, 5.74) is 2.92. The minimum atomic E-state index is -0.0897. The number of hydrogen-bond donors (Lipinski definition) is 1. The molecule has 2 aromatic rings. The molecular weight excluding hydrogens is 266 g/mol. The fourth-order valence-corrected chi connectivity index (χ4v) is 2.02. The maximum Gasteiger partial charge on any atom is 0.221 e. The van der Waals surface area contributed by atoms with Crippen molar-refractivity contribution < 1.29 is 14.3 Å². The maximum absolute atomic E-state index is 11.0. The number of nitrogens with one attached hydrogen (secondary N) is 1. The molecule has 0 aliphatic carbocycles. The highest BCUT2D eigenvalue weighted by molar-refractivity contribution is 5.88. The van der Waals surface area contributed by atoms with Crippen LogP contribution in [-0.4, -0.2) is 13.0 Å². The van der Waals surface area contributed by atoms with E-state index in [2.05, 4.69) is 5.32 Å². The number of rotatable bonds is 5. The number of hydrogen-bond acceptors (Lipinski definition) is 3. The number of carbonyl (C=O) groups excluding carboxylic acids is 1. The first kappa shape index (κ1) is 14.9. The van der Waals surface area contributed by atoms with Crippen molar-refractivity contribution in [2.24, 2.45) is 0 Å². The number of methoxy groups -OCH3 is 1. The Morgan fingerprint density at radius 3 is 2.48 bits per heavy atom. The molecule has 0 spiro atoms. The van der Waals surface area contributed by atoms with Crippen LogP contribution in [0.1, 0.15) is 18.1 Å². The normalized spacial score (nSPS) is 10.0. The molecular formula is C17H19NO3. The smallest absolute Gasteiger partial charge is 0.221 e. The summed E-state index contributed by atoms with van der Waals surface area (Å²) in [5, 5.41) is 2.72. The van der Waals surface area contributed by atoms with E-state index in [4.69, 9.17) is 9.47 Å². The highest BCUT2D eigenvalue weighted by Crippen LogP contribution is 2.22. The van der Waals surface area contributed by atoms with E-state index < -0.39 is 0 Å². The van der Waals surface area contributed by atoms with E-state index in [1.54, 1.807) is 7.11 Å². The van der Waals surface area contributed by atoms with Crippen molar-refractivity contribution in [2.75, 3.05) is 12.4 Å². The SMILES string of the molecule is COc1ccc(C)cc1COc1ccc(NC(C)=O)cc1. The third-order valence-corrected chi connectivity index (χ3v) is 3.00. The summed E-state index contributed by atoms with van der Waals surface area (Å²) in [4.78, 5) is 11.0. The van der Waals surface area contributed by atoms with Gasteiger partial charge in [-0.05, 0) is 43.3 Å². The average molecular weight is 285 g/mol. The van der Waals surface area contributed by atoms with Crippen LogP contribution in [0.15, 0.2) is 42.5 Å². The van der Waals surface area contributed by atoms with Crippen LogP contribution in [0.2, 0.25) is 0 Å². The van der Waals surface area contributed by atoms with Gasteiger partial charge in [-0.1, -0.05) is 11.6 Å². The number of ether oxygens (including phenoxy) is 2. The van der Waals surface area contributed by atoms with Crippen molar-refractivity contribution in [3.63, 3.8) is 0 Å². The molecule has 4 nitrogen and oxygen atoms in total. The molecule has 0 heterocycles. The van der Waals surface area contributed by atoms with Gasteiger partial charge in [0.05, 0.1) is 7.11 Å². The van der Waals surface area contributed by atoms with Gasteiger partial charge in [0, 0.05) is 18.2 Å². The summed E-state index contributed by atoms with van der Waals surface area (Å²) in [6.45, 7) is 3.95. The highest BCUT2D eigenvalue weighted by Gasteiger charge is 2.04. The van der Waals surface area contributed by atoms with Crippen molar-refractivity contribution in [3.8, 4) is 11.5 Å². The van der Waals surface area contributed by atoms with Crippen LogP contribution in [0, 0.1) is 6.92 Å². The number of aryl methyl sites for hydroxylation is 1. The van der Waals surface area contributed by atoms with Gasteiger partial charge in [-0.25, -0.2) is 0 Å². The molecule has 1 amide bonds. The van der Waals surface area contributed by atoms with Crippen LogP contribution in [0.5, 0.6) is 11.5 Å². The van der Waals surface area contributed by atoms with Crippen LogP contribution in [0.25, 0.3) is 0 Å². The number of carbonyl (C=O) groups is 1. The summed E-state index contributed by atoms with van der Waals surface area (Å²) in [7, 11) is 1.65. The van der Waals surface area contributed by atoms with Crippen molar-refractivity contribution in [3.05, 3.63) is 53.6 Å². The Hall–Kier alpha value is -2.49. The second-order valence-electron chi connectivity index (χ2n) is 4.81. The molecule has 2 aromatic carbocycles. The molecule has 110 valence electrons. The number of benzene rings is 2. The fourth-order valence-electron chi connectivity index (χ4n) is 2.02. The molecule has 0 saturated heterocycles. The van der Waals surface area contributed by atoms with E-state index in [0.29, 0.717) is 6.61 Å². The van der Waals surface area contributed by atoms with Crippen LogP contribution < -0.4 is 14.8 Å². The van der Waals surface area contributed by atoms with Crippen LogP contribution >= 0.6 is 0 Å². The maximum atomic E-state index is 11.0. The van der Waals surface area contributed by atoms with Crippen LogP contribution in [0.3, 0.4) is 0 Å². The Morgan fingerprint density at radius 1 is 1.14 bits per heavy atom. The molecule has 0 bridgehead atoms. The van der Waals surface area contributed by atoms with Gasteiger partial charge in [0.15, 0.2) is 0 Å². The van der Waals surface area contributed by atoms with E-state index in [0.717, 1.165) is 28.3 Å². The standard InChI is InChI=1S/C17H19NO3/c1-12-4-9-17(20-3)14(10-12)11-21-16-7-5-15(6-8-16)18-13(2)19/h4-10H,11H2,1-3H3,(H,18,19). The molecule has 0 aliphatic heterocycles. The zero-order valence-electron chi connectivity index (χ0n) is 12.5. The third kappa shape index (κ3) is 4.24. The first-order valence-electron chi connectivity index (χ1n) is 6.72. The van der Waals surface area contributed by atoms with E-state index in [9.17, 15) is 4.79 Å². The number of anilines is 1. The Morgan fingerprint density at radius 2 is 1.86 bits per heavy atom. The fraction of sp³-hybridized carbons (Fsp3) is 0.235. The topological polar surface area (TPSA) is 47.6 Å². The number of amides is 1. The molecule has 21 heavy (non-hydrogen) atoms. The van der Waals surface area contributed by atoms with Gasteiger partial charge in [-0.2, -0.15) is 0 Å². The highest BCUT2D eigenvalue weighted by atomic mass is 16.5. The van der Waals surface area contributed by atoms with E-state index >= 15 is 0 Å². The predicted molar refractivity (Wildman–Crippen MR) is 82.8 cm³/mol. The van der Waals surface area contributed by atoms with Gasteiger partial charge >= 0.3 is 0 Å². The van der Waals surface area contributed by atoms with Gasteiger partial charge in [-0.15, -0.1) is 0 Å². The molecule has 0 aromatic heterocycles. The van der Waals surface area contributed by atoms with Gasteiger partial charge in [-0.3, -0.25) is 4.79 Å². The zero-order valence-corrected chi connectivity index (χ0v) is 12.5. The molecule has 0 saturated carbocycles. The Labute approximate surface area is 124 Å². The quantitative estimate of drug-likeness (QED) is 0.914. The van der Waals surface area contributed by atoms with Crippen molar-refractivity contribution in [2.45, 2.75) is 20.5 Å². The average Bonchev–Trinajstić information content (AvgIpc) is 2.46. The van der Waals surface area contributed by atoms with Gasteiger partial charge < -0.3 is 14.8 Å². The van der Waals surface area contributed by atoms with E-state index in [1.165, 1.54) is 6.92 Å². The lowest BCUT2D eigenvalue weighted by Gasteiger charge is -2.11. The summed E-state index contributed by atoms with van der Waals surface area (Å²) in [6.07, 6.45) is 0. The molecule has 4 heteroatoms. The van der Waals surface area contributed by atoms with Gasteiger partial charge in [0.1, 0.15) is 18.1 Å². The molecule has 0 fully saturated rings.